The van der Waals surface area contributed by atoms with Crippen LogP contribution < -0.4 is 10.1 Å². The standard InChI is InChI=1S/C33H37N5O5S/c1-18(2)29(38-15-24-8-6-7-22(13-34)28(24)32(38)41)33(42)37-16-25(39)12-26(37)31(40)35-14-23-10-9-21(11-27(23)43-19(3)4)30-20(5)36-17-44-30/h6-11,17-19,25-26,29,39H,12,14-16H2,1-5H3,(H,35,40)/t25-,26+,29+/m1/s1. The fourth-order valence-electron chi connectivity index (χ4n) is 6.04. The number of rotatable bonds is 9. The first-order valence-corrected chi connectivity index (χ1v) is 15.7. The monoisotopic (exact) mass is 615 g/mol. The molecule has 2 aromatic carbocycles. The molecule has 1 aromatic heterocycles. The van der Waals surface area contributed by atoms with E-state index in [4.69, 9.17) is 4.74 Å². The first kappa shape index (κ1) is 31.2. The van der Waals surface area contributed by atoms with Crippen molar-refractivity contribution in [2.75, 3.05) is 6.54 Å². The summed E-state index contributed by atoms with van der Waals surface area (Å²) in [6.45, 7) is 9.88. The minimum atomic E-state index is -0.901. The van der Waals surface area contributed by atoms with Crippen molar-refractivity contribution >= 4 is 29.1 Å². The predicted octanol–water partition coefficient (Wildman–Crippen LogP) is 4.04. The van der Waals surface area contributed by atoms with Crippen LogP contribution in [0.3, 0.4) is 0 Å². The molecule has 2 N–H and O–H groups in total. The zero-order chi connectivity index (χ0) is 31.7. The molecule has 0 aliphatic carbocycles. The summed E-state index contributed by atoms with van der Waals surface area (Å²) in [5.41, 5.74) is 5.78. The zero-order valence-electron chi connectivity index (χ0n) is 25.5. The molecule has 0 spiro atoms. The topological polar surface area (TPSA) is 136 Å². The van der Waals surface area contributed by atoms with Crippen molar-refractivity contribution in [3.05, 3.63) is 69.9 Å². The van der Waals surface area contributed by atoms with Gasteiger partial charge in [0, 0.05) is 31.6 Å². The van der Waals surface area contributed by atoms with Crippen LogP contribution in [-0.2, 0) is 22.7 Å². The Kier molecular flexibility index (Phi) is 9.04. The number of nitrogens with one attached hydrogen (secondary N) is 1. The lowest BCUT2D eigenvalue weighted by molar-refractivity contribution is -0.143. The third kappa shape index (κ3) is 6.05. The summed E-state index contributed by atoms with van der Waals surface area (Å²) >= 11 is 1.55. The van der Waals surface area contributed by atoms with E-state index >= 15 is 0 Å². The van der Waals surface area contributed by atoms with E-state index < -0.39 is 30.0 Å². The number of ether oxygens (including phenoxy) is 1. The average molecular weight is 616 g/mol. The highest BCUT2D eigenvalue weighted by molar-refractivity contribution is 7.13. The van der Waals surface area contributed by atoms with E-state index in [0.29, 0.717) is 16.9 Å². The number of carbonyl (C=O) groups is 3. The third-order valence-corrected chi connectivity index (χ3v) is 9.04. The van der Waals surface area contributed by atoms with Crippen molar-refractivity contribution in [1.82, 2.24) is 20.1 Å². The van der Waals surface area contributed by atoms with E-state index in [1.54, 1.807) is 35.0 Å². The molecule has 3 amide bonds. The number of aryl methyl sites for hydroxylation is 1. The highest BCUT2D eigenvalue weighted by Crippen LogP contribution is 2.34. The smallest absolute Gasteiger partial charge is 0.256 e. The van der Waals surface area contributed by atoms with E-state index in [1.807, 2.05) is 52.8 Å². The van der Waals surface area contributed by atoms with Crippen molar-refractivity contribution in [3.63, 3.8) is 0 Å². The minimum Gasteiger partial charge on any atom is -0.491 e. The highest BCUT2D eigenvalue weighted by atomic mass is 32.1. The summed E-state index contributed by atoms with van der Waals surface area (Å²) in [6, 6.07) is 11.3. The number of aromatic nitrogens is 1. The number of nitriles is 1. The van der Waals surface area contributed by atoms with Gasteiger partial charge in [0.05, 0.1) is 45.5 Å². The van der Waals surface area contributed by atoms with E-state index in [1.165, 1.54) is 9.80 Å². The number of thiazole rings is 1. The van der Waals surface area contributed by atoms with Gasteiger partial charge in [-0.05, 0) is 49.9 Å². The van der Waals surface area contributed by atoms with E-state index in [0.717, 1.165) is 21.7 Å². The summed E-state index contributed by atoms with van der Waals surface area (Å²) in [5, 5.41) is 23.1. The van der Waals surface area contributed by atoms with E-state index in [9.17, 15) is 24.8 Å². The van der Waals surface area contributed by atoms with Gasteiger partial charge in [-0.15, -0.1) is 11.3 Å². The number of hydrogen-bond acceptors (Lipinski definition) is 8. The molecule has 1 fully saturated rings. The molecule has 0 unspecified atom stereocenters. The lowest BCUT2D eigenvalue weighted by Gasteiger charge is -2.35. The maximum absolute atomic E-state index is 14.1. The van der Waals surface area contributed by atoms with Crippen LogP contribution in [-0.4, -0.2) is 68.4 Å². The maximum Gasteiger partial charge on any atom is 0.256 e. The molecular weight excluding hydrogens is 578 g/mol. The Balaban J connectivity index is 1.34. The van der Waals surface area contributed by atoms with Gasteiger partial charge in [-0.2, -0.15) is 5.26 Å². The van der Waals surface area contributed by atoms with Crippen LogP contribution in [0, 0.1) is 24.2 Å². The average Bonchev–Trinajstić information content (AvgIpc) is 3.68. The molecule has 3 heterocycles. The number of aliphatic hydroxyl groups is 1. The lowest BCUT2D eigenvalue weighted by Crippen LogP contribution is -2.55. The van der Waals surface area contributed by atoms with Gasteiger partial charge in [0.2, 0.25) is 11.8 Å². The predicted molar refractivity (Wildman–Crippen MR) is 166 cm³/mol. The van der Waals surface area contributed by atoms with Crippen molar-refractivity contribution in [3.8, 4) is 22.3 Å². The zero-order valence-corrected chi connectivity index (χ0v) is 26.4. The first-order chi connectivity index (χ1) is 21.0. The van der Waals surface area contributed by atoms with Gasteiger partial charge in [0.25, 0.3) is 5.91 Å². The first-order valence-electron chi connectivity index (χ1n) is 14.8. The SMILES string of the molecule is Cc1ncsc1-c1ccc(CNC(=O)[C@@H]2C[C@@H](O)CN2C(=O)[C@H](C(C)C)N2Cc3cccc(C#N)c3C2=O)c(OC(C)C)c1. The molecule has 3 atom stereocenters. The second-order valence-corrected chi connectivity index (χ2v) is 12.8. The van der Waals surface area contributed by atoms with Crippen molar-refractivity contribution in [1.29, 1.82) is 5.26 Å². The molecule has 1 saturated heterocycles. The minimum absolute atomic E-state index is 0.0107. The molecule has 11 heteroatoms. The quantitative estimate of drug-likeness (QED) is 0.371. The number of benzene rings is 2. The summed E-state index contributed by atoms with van der Waals surface area (Å²) in [7, 11) is 0. The van der Waals surface area contributed by atoms with Crippen LogP contribution in [0.2, 0.25) is 0 Å². The number of β-amino-alcohol motifs (C(OH)–C–C–N with tert-alkyl or cyclic N) is 1. The van der Waals surface area contributed by atoms with E-state index in [-0.39, 0.29) is 49.5 Å². The number of likely N-dealkylation sites (tertiary alicyclic amines) is 1. The fourth-order valence-corrected chi connectivity index (χ4v) is 6.84. The van der Waals surface area contributed by atoms with E-state index in [2.05, 4.69) is 16.4 Å². The third-order valence-electron chi connectivity index (χ3n) is 8.06. The normalized spacial score (nSPS) is 18.5. The summed E-state index contributed by atoms with van der Waals surface area (Å²) < 4.78 is 6.10. The van der Waals surface area contributed by atoms with Gasteiger partial charge in [0.1, 0.15) is 17.8 Å². The van der Waals surface area contributed by atoms with Crippen LogP contribution in [0.25, 0.3) is 10.4 Å². The second-order valence-electron chi connectivity index (χ2n) is 11.9. The number of nitrogens with zero attached hydrogens (tertiary/aromatic N) is 4. The molecule has 44 heavy (non-hydrogen) atoms. The molecule has 2 aliphatic rings. The van der Waals surface area contributed by atoms with Crippen LogP contribution >= 0.6 is 11.3 Å². The molecule has 5 rings (SSSR count). The Morgan fingerprint density at radius 3 is 2.66 bits per heavy atom. The molecule has 10 nitrogen and oxygen atoms in total. The molecular formula is C33H37N5O5S. The van der Waals surface area contributed by atoms with Crippen molar-refractivity contribution in [2.45, 2.75) is 78.4 Å². The summed E-state index contributed by atoms with van der Waals surface area (Å²) in [6.07, 6.45) is -0.869. The van der Waals surface area contributed by atoms with Gasteiger partial charge in [-0.3, -0.25) is 14.4 Å². The molecule has 230 valence electrons. The number of amides is 3. The largest absolute Gasteiger partial charge is 0.491 e. The van der Waals surface area contributed by atoms with Gasteiger partial charge < -0.3 is 25.0 Å². The van der Waals surface area contributed by atoms with Gasteiger partial charge in [-0.25, -0.2) is 4.98 Å². The van der Waals surface area contributed by atoms with Crippen LogP contribution in [0.15, 0.2) is 41.9 Å². The Morgan fingerprint density at radius 1 is 1.23 bits per heavy atom. The molecule has 3 aromatic rings. The Morgan fingerprint density at radius 2 is 2.00 bits per heavy atom. The number of hydrogen-bond donors (Lipinski definition) is 2. The Hall–Kier alpha value is -4.27. The highest BCUT2D eigenvalue weighted by Gasteiger charge is 2.46. The van der Waals surface area contributed by atoms with Crippen molar-refractivity contribution < 1.29 is 24.2 Å². The summed E-state index contributed by atoms with van der Waals surface area (Å²) in [5.74, 6) is -0.792. The second kappa shape index (κ2) is 12.8. The fraction of sp³-hybridized carbons (Fsp3) is 0.424. The van der Waals surface area contributed by atoms with Crippen LogP contribution in [0.4, 0.5) is 0 Å². The molecule has 0 bridgehead atoms. The van der Waals surface area contributed by atoms with Crippen LogP contribution in [0.5, 0.6) is 5.75 Å². The maximum atomic E-state index is 14.1. The number of carbonyl (C=O) groups excluding carboxylic acids is 3. The van der Waals surface area contributed by atoms with Crippen LogP contribution in [0.1, 0.15) is 66.9 Å². The van der Waals surface area contributed by atoms with Crippen molar-refractivity contribution in [2.24, 2.45) is 5.92 Å². The van der Waals surface area contributed by atoms with Gasteiger partial charge >= 0.3 is 0 Å². The van der Waals surface area contributed by atoms with Gasteiger partial charge in [-0.1, -0.05) is 38.1 Å². The molecule has 2 aliphatic heterocycles. The number of aliphatic hydroxyl groups excluding tert-OH is 1. The molecule has 0 radical (unpaired) electrons. The summed E-state index contributed by atoms with van der Waals surface area (Å²) in [4.78, 5) is 49.4. The lowest BCUT2D eigenvalue weighted by atomic mass is 10.00. The Labute approximate surface area is 261 Å². The number of fused-ring (bicyclic) bond motifs is 1. The Bertz CT molecular complexity index is 1630. The molecule has 0 saturated carbocycles. The van der Waals surface area contributed by atoms with Gasteiger partial charge in [0.15, 0.2) is 0 Å².